The molecular formula is C44H74O19. The van der Waals surface area contributed by atoms with Crippen LogP contribution in [0.2, 0.25) is 0 Å². The molecule has 5 fully saturated rings. The first-order valence-electron chi connectivity index (χ1n) is 22.4. The van der Waals surface area contributed by atoms with Crippen LogP contribution < -0.4 is 0 Å². The maximum absolute atomic E-state index is 11.5. The first kappa shape index (κ1) is 51.1. The third-order valence-corrected chi connectivity index (χ3v) is 15.7. The van der Waals surface area contributed by atoms with Gasteiger partial charge in [0, 0.05) is 5.41 Å². The van der Waals surface area contributed by atoms with Gasteiger partial charge in [-0.25, -0.2) is 0 Å². The minimum absolute atomic E-state index is 0.0496. The number of aliphatic hydroxyl groups excluding tert-OH is 11. The van der Waals surface area contributed by atoms with Crippen molar-refractivity contribution in [1.82, 2.24) is 0 Å². The lowest BCUT2D eigenvalue weighted by atomic mass is 9.45. The standard InChI is InChI=1S/C44H74O19/c1-10-42(7,63-41-35(55)37(27(47)21(5)57-41)62-39-32(52)29(49)26(46)20(4)56-39)14-15-43(8)19(3)16-25(44(9)18(2)12-11-13-24(43)44)60-38-34(54)31(51)36(22(6)58-38)61-40-33(53)30(50)28(48)23(17-45)59-40/h10,12,19-41,45-55H,1,11,13-17H2,2-9H3/t19-,20-,21+,22-,23+,24-,25-,26-,27-,28+,29+,30-,31-,32+,33+,34+,35+,36-,37-,38-,39-,40-,41-,42+,43+,44+/m0/s1. The molecule has 0 bridgehead atoms. The second-order valence-corrected chi connectivity index (χ2v) is 19.7. The molecule has 0 spiro atoms. The number of aliphatic hydroxyl groups is 11. The van der Waals surface area contributed by atoms with E-state index in [9.17, 15) is 56.2 Å². The van der Waals surface area contributed by atoms with Crippen molar-refractivity contribution in [1.29, 1.82) is 0 Å². The van der Waals surface area contributed by atoms with Crippen molar-refractivity contribution in [3.63, 3.8) is 0 Å². The lowest BCUT2D eigenvalue weighted by Gasteiger charge is -2.61. The average Bonchev–Trinajstić information content (AvgIpc) is 3.24. The summed E-state index contributed by atoms with van der Waals surface area (Å²) in [4.78, 5) is 0. The maximum atomic E-state index is 11.5. The summed E-state index contributed by atoms with van der Waals surface area (Å²) in [5.41, 5.74) is -0.787. The summed E-state index contributed by atoms with van der Waals surface area (Å²) in [6.07, 6.45) is -21.1. The molecule has 0 aromatic heterocycles. The molecule has 0 aromatic rings. The fourth-order valence-corrected chi connectivity index (χ4v) is 10.9. The van der Waals surface area contributed by atoms with Gasteiger partial charge in [0.2, 0.25) is 0 Å². The van der Waals surface area contributed by atoms with Gasteiger partial charge in [-0.05, 0) is 84.0 Å². The molecule has 0 aromatic carbocycles. The van der Waals surface area contributed by atoms with Crippen molar-refractivity contribution >= 4 is 0 Å². The van der Waals surface area contributed by atoms with Gasteiger partial charge in [0.1, 0.15) is 79.4 Å². The molecule has 364 valence electrons. The quantitative estimate of drug-likeness (QED) is 0.0973. The molecule has 26 atom stereocenters. The summed E-state index contributed by atoms with van der Waals surface area (Å²) in [5.74, 6) is 0.111. The molecule has 19 nitrogen and oxygen atoms in total. The van der Waals surface area contributed by atoms with Crippen LogP contribution >= 0.6 is 0 Å². The second kappa shape index (κ2) is 19.7. The molecule has 1 saturated carbocycles. The van der Waals surface area contributed by atoms with Crippen molar-refractivity contribution in [2.75, 3.05) is 6.61 Å². The van der Waals surface area contributed by atoms with E-state index in [1.54, 1.807) is 19.9 Å². The van der Waals surface area contributed by atoms with E-state index in [1.807, 2.05) is 6.92 Å². The van der Waals surface area contributed by atoms with Crippen LogP contribution in [-0.4, -0.2) is 197 Å². The van der Waals surface area contributed by atoms with Gasteiger partial charge in [-0.1, -0.05) is 38.5 Å². The third kappa shape index (κ3) is 9.59. The fourth-order valence-electron chi connectivity index (χ4n) is 10.9. The molecule has 19 heteroatoms. The Balaban J connectivity index is 1.13. The van der Waals surface area contributed by atoms with Gasteiger partial charge in [0.15, 0.2) is 25.2 Å². The molecule has 11 N–H and O–H groups in total. The van der Waals surface area contributed by atoms with Crippen LogP contribution in [0.5, 0.6) is 0 Å². The van der Waals surface area contributed by atoms with Gasteiger partial charge in [0.25, 0.3) is 0 Å². The fraction of sp³-hybridized carbons (Fsp3) is 0.909. The van der Waals surface area contributed by atoms with Crippen LogP contribution in [0.4, 0.5) is 0 Å². The summed E-state index contributed by atoms with van der Waals surface area (Å²) in [6.45, 7) is 18.6. The highest BCUT2D eigenvalue weighted by Gasteiger charge is 2.60. The highest BCUT2D eigenvalue weighted by atomic mass is 16.8. The number of allylic oxidation sites excluding steroid dienone is 1. The Morgan fingerprint density at radius 2 is 1.22 bits per heavy atom. The first-order chi connectivity index (χ1) is 29.4. The van der Waals surface area contributed by atoms with Gasteiger partial charge in [0.05, 0.1) is 36.6 Å². The van der Waals surface area contributed by atoms with E-state index in [2.05, 4.69) is 40.3 Å². The first-order valence-corrected chi connectivity index (χ1v) is 22.4. The molecule has 6 rings (SSSR count). The Kier molecular flexibility index (Phi) is 16.0. The van der Waals surface area contributed by atoms with E-state index in [4.69, 9.17) is 37.9 Å². The highest BCUT2D eigenvalue weighted by Crippen LogP contribution is 2.63. The summed E-state index contributed by atoms with van der Waals surface area (Å²) in [6, 6.07) is 0. The van der Waals surface area contributed by atoms with E-state index < -0.39 is 147 Å². The number of ether oxygens (including phenoxy) is 8. The zero-order valence-electron chi connectivity index (χ0n) is 37.6. The van der Waals surface area contributed by atoms with Crippen LogP contribution in [-0.2, 0) is 37.9 Å². The Morgan fingerprint density at radius 3 is 1.86 bits per heavy atom. The van der Waals surface area contributed by atoms with Gasteiger partial charge in [-0.3, -0.25) is 0 Å². The summed E-state index contributed by atoms with van der Waals surface area (Å²) < 4.78 is 48.2. The zero-order chi connectivity index (χ0) is 46.7. The zero-order valence-corrected chi connectivity index (χ0v) is 37.6. The SMILES string of the molecule is C=C[C@](C)(CC[C@]1(C)[C@@H](C)C[C@H](O[C@@H]2O[C@@H](C)[C@H](O[C@@H]3O[C@H](CO)[C@@H](O)[C@H](O)[C@H]3O)[C@@H](O)[C@H]2O)[C@]2(C)C(C)=CCC[C@@H]12)O[C@@H]1O[C@H](C)[C@H](O)[C@H](O[C@@H]2O[C@@H](C)[C@H](O)[C@@H](O)[C@H]2O)[C@H]1O. The van der Waals surface area contributed by atoms with Gasteiger partial charge < -0.3 is 94.1 Å². The van der Waals surface area contributed by atoms with Crippen LogP contribution in [0.3, 0.4) is 0 Å². The largest absolute Gasteiger partial charge is 0.394 e. The van der Waals surface area contributed by atoms with Crippen LogP contribution in [0.15, 0.2) is 24.3 Å². The molecule has 4 aliphatic heterocycles. The van der Waals surface area contributed by atoms with E-state index >= 15 is 0 Å². The summed E-state index contributed by atoms with van der Waals surface area (Å²) in [7, 11) is 0. The van der Waals surface area contributed by atoms with Crippen molar-refractivity contribution < 1.29 is 94.1 Å². The van der Waals surface area contributed by atoms with Gasteiger partial charge in [-0.2, -0.15) is 0 Å². The van der Waals surface area contributed by atoms with Crippen molar-refractivity contribution in [2.24, 2.45) is 22.7 Å². The van der Waals surface area contributed by atoms with Crippen molar-refractivity contribution in [2.45, 2.75) is 222 Å². The maximum Gasteiger partial charge on any atom is 0.187 e. The monoisotopic (exact) mass is 906 g/mol. The van der Waals surface area contributed by atoms with Crippen molar-refractivity contribution in [3.8, 4) is 0 Å². The van der Waals surface area contributed by atoms with Crippen molar-refractivity contribution in [3.05, 3.63) is 24.3 Å². The summed E-state index contributed by atoms with van der Waals surface area (Å²) >= 11 is 0. The normalized spacial score (nSPS) is 52.9. The predicted octanol–water partition coefficient (Wildman–Crippen LogP) is -1.15. The molecule has 4 heterocycles. The van der Waals surface area contributed by atoms with E-state index in [0.717, 1.165) is 18.4 Å². The van der Waals surface area contributed by atoms with E-state index in [-0.39, 0.29) is 17.3 Å². The van der Waals surface area contributed by atoms with E-state index in [1.165, 1.54) is 6.92 Å². The lowest BCUT2D eigenvalue weighted by Crippen LogP contribution is -2.65. The minimum atomic E-state index is -1.72. The van der Waals surface area contributed by atoms with Crippen LogP contribution in [0, 0.1) is 22.7 Å². The highest BCUT2D eigenvalue weighted by molar-refractivity contribution is 5.24. The Bertz CT molecular complexity index is 1570. The Labute approximate surface area is 369 Å². The smallest absolute Gasteiger partial charge is 0.187 e. The molecule has 2 aliphatic carbocycles. The second-order valence-electron chi connectivity index (χ2n) is 19.7. The molecule has 0 unspecified atom stereocenters. The van der Waals surface area contributed by atoms with Gasteiger partial charge >= 0.3 is 0 Å². The number of rotatable bonds is 13. The molecular weight excluding hydrogens is 832 g/mol. The third-order valence-electron chi connectivity index (χ3n) is 15.7. The number of hydrogen-bond donors (Lipinski definition) is 11. The van der Waals surface area contributed by atoms with Gasteiger partial charge in [-0.15, -0.1) is 6.58 Å². The molecule has 4 saturated heterocycles. The molecule has 6 aliphatic rings. The number of fused-ring (bicyclic) bond motifs is 1. The predicted molar refractivity (Wildman–Crippen MR) is 219 cm³/mol. The van der Waals surface area contributed by atoms with Crippen LogP contribution in [0.1, 0.15) is 87.5 Å². The minimum Gasteiger partial charge on any atom is -0.394 e. The molecule has 0 amide bonds. The van der Waals surface area contributed by atoms with Crippen LogP contribution in [0.25, 0.3) is 0 Å². The average molecular weight is 907 g/mol. The number of hydrogen-bond acceptors (Lipinski definition) is 19. The summed E-state index contributed by atoms with van der Waals surface area (Å²) in [5, 5.41) is 117. The molecule has 0 radical (unpaired) electrons. The molecule has 63 heavy (non-hydrogen) atoms. The Hall–Kier alpha value is -1.28. The van der Waals surface area contributed by atoms with E-state index in [0.29, 0.717) is 19.3 Å². The lowest BCUT2D eigenvalue weighted by molar-refractivity contribution is -0.364. The Morgan fingerprint density at radius 1 is 0.683 bits per heavy atom. The topological polar surface area (TPSA) is 296 Å².